The highest BCUT2D eigenvalue weighted by Crippen LogP contribution is 2.36. The standard InChI is InChI=1S/C19H28N2O4/c1-13(2)25-18-9-15-5-4-14(8-16(15)10-17(18)24-3)6-7-21-19(23)11-20-12-22/h9-10,12-14H,4-8,11H2,1-3H3,(H,20,22)(H,21,23). The Kier molecular flexibility index (Phi) is 7.10. The summed E-state index contributed by atoms with van der Waals surface area (Å²) in [4.78, 5) is 21.7. The molecule has 6 heteroatoms. The predicted molar refractivity (Wildman–Crippen MR) is 96.0 cm³/mol. The van der Waals surface area contributed by atoms with Gasteiger partial charge in [-0.1, -0.05) is 0 Å². The number of carbonyl (C=O) groups excluding carboxylic acids is 2. The minimum atomic E-state index is -0.152. The van der Waals surface area contributed by atoms with E-state index in [1.165, 1.54) is 11.1 Å². The molecule has 1 atom stereocenters. The maximum atomic E-state index is 11.5. The molecule has 0 aromatic heterocycles. The highest BCUT2D eigenvalue weighted by molar-refractivity contribution is 5.79. The molecule has 2 amide bonds. The van der Waals surface area contributed by atoms with Gasteiger partial charge in [0.2, 0.25) is 12.3 Å². The summed E-state index contributed by atoms with van der Waals surface area (Å²) < 4.78 is 11.3. The fourth-order valence-corrected chi connectivity index (χ4v) is 3.20. The lowest BCUT2D eigenvalue weighted by molar-refractivity contribution is -0.122. The number of nitrogens with one attached hydrogen (secondary N) is 2. The maximum absolute atomic E-state index is 11.5. The van der Waals surface area contributed by atoms with Crippen molar-refractivity contribution in [1.82, 2.24) is 10.6 Å². The van der Waals surface area contributed by atoms with Crippen LogP contribution in [0.1, 0.15) is 37.8 Å². The number of amides is 2. The van der Waals surface area contributed by atoms with Crippen molar-refractivity contribution < 1.29 is 19.1 Å². The van der Waals surface area contributed by atoms with Crippen LogP contribution in [0.2, 0.25) is 0 Å². The topological polar surface area (TPSA) is 76.7 Å². The van der Waals surface area contributed by atoms with Gasteiger partial charge in [0.25, 0.3) is 0 Å². The lowest BCUT2D eigenvalue weighted by Crippen LogP contribution is -2.34. The monoisotopic (exact) mass is 348 g/mol. The molecule has 0 bridgehead atoms. The van der Waals surface area contributed by atoms with Crippen molar-refractivity contribution in [2.45, 2.75) is 45.6 Å². The second-order valence-electron chi connectivity index (χ2n) is 6.68. The van der Waals surface area contributed by atoms with E-state index in [1.807, 2.05) is 13.8 Å². The van der Waals surface area contributed by atoms with Gasteiger partial charge in [0.15, 0.2) is 11.5 Å². The molecule has 0 aliphatic heterocycles. The molecule has 138 valence electrons. The summed E-state index contributed by atoms with van der Waals surface area (Å²) in [5, 5.41) is 5.20. The SMILES string of the molecule is COc1cc2c(cc1OC(C)C)CCC(CCNC(=O)CNC=O)C2. The van der Waals surface area contributed by atoms with Crippen LogP contribution in [0, 0.1) is 5.92 Å². The highest BCUT2D eigenvalue weighted by Gasteiger charge is 2.21. The van der Waals surface area contributed by atoms with Crippen LogP contribution in [0.3, 0.4) is 0 Å². The van der Waals surface area contributed by atoms with Crippen LogP contribution < -0.4 is 20.1 Å². The molecule has 0 saturated heterocycles. The third kappa shape index (κ3) is 5.66. The summed E-state index contributed by atoms with van der Waals surface area (Å²) in [6.07, 6.45) is 4.67. The summed E-state index contributed by atoms with van der Waals surface area (Å²) in [6, 6.07) is 4.20. The van der Waals surface area contributed by atoms with Gasteiger partial charge < -0.3 is 20.1 Å². The van der Waals surface area contributed by atoms with Crippen molar-refractivity contribution in [3.05, 3.63) is 23.3 Å². The van der Waals surface area contributed by atoms with Gasteiger partial charge in [-0.25, -0.2) is 0 Å². The van der Waals surface area contributed by atoms with Crippen LogP contribution in [-0.2, 0) is 22.4 Å². The van der Waals surface area contributed by atoms with Crippen LogP contribution in [0.4, 0.5) is 0 Å². The van der Waals surface area contributed by atoms with Gasteiger partial charge in [-0.15, -0.1) is 0 Å². The number of carbonyl (C=O) groups is 2. The van der Waals surface area contributed by atoms with Gasteiger partial charge in [-0.3, -0.25) is 9.59 Å². The molecule has 0 radical (unpaired) electrons. The normalized spacial score (nSPS) is 16.1. The van der Waals surface area contributed by atoms with Gasteiger partial charge in [0.1, 0.15) is 0 Å². The van der Waals surface area contributed by atoms with Crippen molar-refractivity contribution in [1.29, 1.82) is 0 Å². The lowest BCUT2D eigenvalue weighted by Gasteiger charge is -2.26. The molecule has 2 rings (SSSR count). The van der Waals surface area contributed by atoms with Crippen LogP contribution in [0.25, 0.3) is 0 Å². The number of fused-ring (bicyclic) bond motifs is 1. The van der Waals surface area contributed by atoms with Crippen molar-refractivity contribution in [3.8, 4) is 11.5 Å². The maximum Gasteiger partial charge on any atom is 0.239 e. The number of benzene rings is 1. The van der Waals surface area contributed by atoms with E-state index in [0.717, 1.165) is 37.2 Å². The number of aryl methyl sites for hydroxylation is 1. The zero-order valence-electron chi connectivity index (χ0n) is 15.3. The van der Waals surface area contributed by atoms with E-state index in [0.29, 0.717) is 18.9 Å². The van der Waals surface area contributed by atoms with Crippen molar-refractivity contribution in [2.24, 2.45) is 5.92 Å². The first-order chi connectivity index (χ1) is 12.0. The molecule has 0 fully saturated rings. The molecular weight excluding hydrogens is 320 g/mol. The number of rotatable bonds is 9. The summed E-state index contributed by atoms with van der Waals surface area (Å²) in [7, 11) is 1.66. The van der Waals surface area contributed by atoms with Gasteiger partial charge in [-0.2, -0.15) is 0 Å². The first-order valence-electron chi connectivity index (χ1n) is 8.83. The molecule has 25 heavy (non-hydrogen) atoms. The Morgan fingerprint density at radius 2 is 2.08 bits per heavy atom. The summed E-state index contributed by atoms with van der Waals surface area (Å²) in [5.41, 5.74) is 2.63. The molecule has 0 heterocycles. The van der Waals surface area contributed by atoms with Gasteiger partial charge in [0, 0.05) is 6.54 Å². The van der Waals surface area contributed by atoms with Gasteiger partial charge in [-0.05, 0) is 68.7 Å². The Labute approximate surface area is 149 Å². The number of methoxy groups -OCH3 is 1. The molecule has 1 aromatic rings. The Morgan fingerprint density at radius 3 is 2.76 bits per heavy atom. The average Bonchev–Trinajstić information content (AvgIpc) is 2.59. The third-order valence-electron chi connectivity index (χ3n) is 4.40. The van der Waals surface area contributed by atoms with E-state index >= 15 is 0 Å². The lowest BCUT2D eigenvalue weighted by atomic mass is 9.82. The fraction of sp³-hybridized carbons (Fsp3) is 0.579. The Hall–Kier alpha value is -2.24. The smallest absolute Gasteiger partial charge is 0.239 e. The second-order valence-corrected chi connectivity index (χ2v) is 6.68. The third-order valence-corrected chi connectivity index (χ3v) is 4.40. The average molecular weight is 348 g/mol. The Morgan fingerprint density at radius 1 is 1.32 bits per heavy atom. The Bertz CT molecular complexity index is 601. The van der Waals surface area contributed by atoms with E-state index in [9.17, 15) is 9.59 Å². The molecule has 1 aliphatic rings. The number of hydrogen-bond donors (Lipinski definition) is 2. The Balaban J connectivity index is 1.92. The zero-order valence-corrected chi connectivity index (χ0v) is 15.3. The van der Waals surface area contributed by atoms with Crippen molar-refractivity contribution >= 4 is 12.3 Å². The molecule has 0 spiro atoms. The van der Waals surface area contributed by atoms with E-state index in [1.54, 1.807) is 7.11 Å². The van der Waals surface area contributed by atoms with Crippen LogP contribution >= 0.6 is 0 Å². The second kappa shape index (κ2) is 9.30. The van der Waals surface area contributed by atoms with Gasteiger partial charge >= 0.3 is 0 Å². The first kappa shape index (κ1) is 19.1. The largest absolute Gasteiger partial charge is 0.493 e. The summed E-state index contributed by atoms with van der Waals surface area (Å²) in [6.45, 7) is 4.68. The molecule has 1 aliphatic carbocycles. The predicted octanol–water partition coefficient (Wildman–Crippen LogP) is 1.84. The molecule has 2 N–H and O–H groups in total. The van der Waals surface area contributed by atoms with E-state index in [4.69, 9.17) is 9.47 Å². The van der Waals surface area contributed by atoms with Crippen LogP contribution in [0.15, 0.2) is 12.1 Å². The van der Waals surface area contributed by atoms with Crippen LogP contribution in [0.5, 0.6) is 11.5 Å². The fourth-order valence-electron chi connectivity index (χ4n) is 3.20. The molecule has 0 saturated carbocycles. The molecular formula is C19H28N2O4. The van der Waals surface area contributed by atoms with E-state index < -0.39 is 0 Å². The molecule has 1 unspecified atom stereocenters. The van der Waals surface area contributed by atoms with Crippen molar-refractivity contribution in [3.63, 3.8) is 0 Å². The number of hydrogen-bond acceptors (Lipinski definition) is 4. The molecule has 1 aromatic carbocycles. The minimum Gasteiger partial charge on any atom is -0.493 e. The number of ether oxygens (including phenoxy) is 2. The first-order valence-corrected chi connectivity index (χ1v) is 8.83. The summed E-state index contributed by atoms with van der Waals surface area (Å²) >= 11 is 0. The van der Waals surface area contributed by atoms with Gasteiger partial charge in [0.05, 0.1) is 19.8 Å². The minimum absolute atomic E-state index is 0.0346. The van der Waals surface area contributed by atoms with Crippen LogP contribution in [-0.4, -0.2) is 38.6 Å². The van der Waals surface area contributed by atoms with Crippen molar-refractivity contribution in [2.75, 3.05) is 20.2 Å². The zero-order chi connectivity index (χ0) is 18.2. The van der Waals surface area contributed by atoms with E-state index in [2.05, 4.69) is 22.8 Å². The molecule has 6 nitrogen and oxygen atoms in total. The highest BCUT2D eigenvalue weighted by atomic mass is 16.5. The van der Waals surface area contributed by atoms with E-state index in [-0.39, 0.29) is 18.6 Å². The quantitative estimate of drug-likeness (QED) is 0.668. The summed E-state index contributed by atoms with van der Waals surface area (Å²) in [5.74, 6) is 1.97.